The molecular formula is C34H65N3. The summed E-state index contributed by atoms with van der Waals surface area (Å²) in [5.74, 6) is 5.77. The molecule has 0 radical (unpaired) electrons. The monoisotopic (exact) mass is 516 g/mol. The van der Waals surface area contributed by atoms with Crippen molar-refractivity contribution in [3.05, 3.63) is 34.4 Å². The van der Waals surface area contributed by atoms with Crippen molar-refractivity contribution in [3.63, 3.8) is 0 Å². The molecule has 3 aliphatic rings. The van der Waals surface area contributed by atoms with Crippen molar-refractivity contribution in [1.82, 2.24) is 9.91 Å². The Labute approximate surface area is 234 Å². The average Bonchev–Trinajstić information content (AvgIpc) is 3.27. The Morgan fingerprint density at radius 3 is 1.35 bits per heavy atom. The lowest BCUT2D eigenvalue weighted by molar-refractivity contribution is 0.393. The highest BCUT2D eigenvalue weighted by Gasteiger charge is 2.05. The maximum absolute atomic E-state index is 4.14. The summed E-state index contributed by atoms with van der Waals surface area (Å²) in [6.45, 7) is 23.7. The zero-order valence-electron chi connectivity index (χ0n) is 27.5. The van der Waals surface area contributed by atoms with Gasteiger partial charge in [-0.05, 0) is 101 Å². The average molecular weight is 516 g/mol. The smallest absolute Gasteiger partial charge is 0.0409 e. The molecule has 216 valence electrons. The van der Waals surface area contributed by atoms with Crippen LogP contribution in [0.1, 0.15) is 133 Å². The largest absolute Gasteiger partial charge is 0.309 e. The van der Waals surface area contributed by atoms with Gasteiger partial charge in [0, 0.05) is 32.1 Å². The minimum atomic E-state index is 1.05. The molecule has 1 heterocycles. The van der Waals surface area contributed by atoms with Gasteiger partial charge < -0.3 is 4.90 Å². The molecule has 0 aromatic carbocycles. The van der Waals surface area contributed by atoms with Gasteiger partial charge in [-0.25, -0.2) is 0 Å². The van der Waals surface area contributed by atoms with E-state index in [1.54, 1.807) is 11.1 Å². The van der Waals surface area contributed by atoms with Crippen molar-refractivity contribution in [2.24, 2.45) is 5.10 Å². The van der Waals surface area contributed by atoms with Gasteiger partial charge in [-0.2, -0.15) is 5.10 Å². The third kappa shape index (κ3) is 32.2. The molecule has 0 fully saturated rings. The normalized spacial score (nSPS) is 15.0. The summed E-state index contributed by atoms with van der Waals surface area (Å²) in [7, 11) is 6.17. The number of unbranched alkanes of at least 4 members (excludes halogenated alkanes) is 2. The summed E-state index contributed by atoms with van der Waals surface area (Å²) in [4.78, 5) is 2.18. The molecule has 0 saturated heterocycles. The third-order valence-electron chi connectivity index (χ3n) is 6.03. The van der Waals surface area contributed by atoms with E-state index in [0.29, 0.717) is 0 Å². The van der Waals surface area contributed by atoms with Crippen LogP contribution in [0.3, 0.4) is 0 Å². The van der Waals surface area contributed by atoms with Crippen LogP contribution in [-0.2, 0) is 0 Å². The fourth-order valence-electron chi connectivity index (χ4n) is 2.88. The van der Waals surface area contributed by atoms with Crippen LogP contribution in [-0.4, -0.2) is 49.9 Å². The summed E-state index contributed by atoms with van der Waals surface area (Å²) < 4.78 is 0. The fourth-order valence-corrected chi connectivity index (χ4v) is 2.88. The zero-order valence-corrected chi connectivity index (χ0v) is 27.5. The number of hydrogen-bond donors (Lipinski definition) is 0. The van der Waals surface area contributed by atoms with Crippen molar-refractivity contribution in [3.8, 4) is 11.8 Å². The van der Waals surface area contributed by atoms with E-state index in [2.05, 4.69) is 110 Å². The molecule has 2 aliphatic carbocycles. The lowest BCUT2D eigenvalue weighted by Gasteiger charge is -2.15. The molecule has 37 heavy (non-hydrogen) atoms. The molecule has 0 bridgehead atoms. The van der Waals surface area contributed by atoms with Crippen LogP contribution in [0.4, 0.5) is 0 Å². The van der Waals surface area contributed by atoms with Gasteiger partial charge in [-0.15, -0.1) is 11.8 Å². The van der Waals surface area contributed by atoms with E-state index >= 15 is 0 Å². The second-order valence-electron chi connectivity index (χ2n) is 10.5. The molecule has 3 heteroatoms. The van der Waals surface area contributed by atoms with Gasteiger partial charge in [-0.1, -0.05) is 75.0 Å². The molecule has 0 N–H and O–H groups in total. The Morgan fingerprint density at radius 2 is 1.24 bits per heavy atom. The van der Waals surface area contributed by atoms with E-state index in [9.17, 15) is 0 Å². The molecule has 0 amide bonds. The molecule has 0 unspecified atom stereocenters. The summed E-state index contributed by atoms with van der Waals surface area (Å²) in [5, 5.41) is 6.11. The first kappa shape index (κ1) is 39.7. The van der Waals surface area contributed by atoms with E-state index in [-0.39, 0.29) is 0 Å². The fraction of sp³-hybridized carbons (Fsp3) is 0.735. The van der Waals surface area contributed by atoms with Crippen LogP contribution < -0.4 is 0 Å². The Hall–Kier alpha value is -1.79. The lowest BCUT2D eigenvalue weighted by atomic mass is 9.92. The third-order valence-corrected chi connectivity index (χ3v) is 6.03. The number of hydrazone groups is 1. The van der Waals surface area contributed by atoms with Gasteiger partial charge in [0.1, 0.15) is 0 Å². The number of allylic oxidation sites excluding steroid dienone is 6. The van der Waals surface area contributed by atoms with Gasteiger partial charge in [0.05, 0.1) is 0 Å². The van der Waals surface area contributed by atoms with Crippen molar-refractivity contribution in [1.29, 1.82) is 0 Å². The van der Waals surface area contributed by atoms with Crippen LogP contribution in [0.2, 0.25) is 0 Å². The van der Waals surface area contributed by atoms with Gasteiger partial charge >= 0.3 is 0 Å². The lowest BCUT2D eigenvalue weighted by Crippen LogP contribution is -2.11. The summed E-state index contributed by atoms with van der Waals surface area (Å²) in [5.41, 5.74) is 7.48. The highest BCUT2D eigenvalue weighted by Crippen LogP contribution is 2.25. The summed E-state index contributed by atoms with van der Waals surface area (Å²) in [6, 6.07) is 0. The van der Waals surface area contributed by atoms with Crippen LogP contribution in [0.5, 0.6) is 0 Å². The maximum atomic E-state index is 4.14. The number of hydrogen-bond acceptors (Lipinski definition) is 3. The first-order valence-corrected chi connectivity index (χ1v) is 14.8. The Balaban J connectivity index is -0.000000380. The van der Waals surface area contributed by atoms with E-state index in [1.165, 1.54) is 74.8 Å². The predicted octanol–water partition coefficient (Wildman–Crippen LogP) is 10.1. The van der Waals surface area contributed by atoms with Crippen molar-refractivity contribution >= 4 is 5.71 Å². The zero-order chi connectivity index (χ0) is 29.1. The van der Waals surface area contributed by atoms with Crippen molar-refractivity contribution < 1.29 is 0 Å². The van der Waals surface area contributed by atoms with E-state index in [0.717, 1.165) is 19.4 Å². The molecule has 0 spiro atoms. The molecule has 0 aromatic heterocycles. The van der Waals surface area contributed by atoms with Crippen LogP contribution in [0.15, 0.2) is 39.5 Å². The van der Waals surface area contributed by atoms with E-state index < -0.39 is 0 Å². The van der Waals surface area contributed by atoms with Crippen molar-refractivity contribution in [2.45, 2.75) is 133 Å². The van der Waals surface area contributed by atoms with Crippen LogP contribution >= 0.6 is 0 Å². The molecule has 0 aromatic rings. The summed E-state index contributed by atoms with van der Waals surface area (Å²) >= 11 is 0. The first-order chi connectivity index (χ1) is 17.5. The first-order valence-electron chi connectivity index (χ1n) is 14.8. The van der Waals surface area contributed by atoms with Gasteiger partial charge in [0.25, 0.3) is 0 Å². The number of rotatable bonds is 4. The van der Waals surface area contributed by atoms with Gasteiger partial charge in [0.2, 0.25) is 0 Å². The Morgan fingerprint density at radius 1 is 0.757 bits per heavy atom. The highest BCUT2D eigenvalue weighted by atomic mass is 15.4. The molecular weight excluding hydrogens is 450 g/mol. The van der Waals surface area contributed by atoms with Crippen LogP contribution in [0.25, 0.3) is 0 Å². The standard InChI is InChI=1S/C8H12.2C6H10.C5H10N2.C5H13N.C4H10/c1-7-3-5-8(2)6-4-7;1-5-3-4-6(5)2;1-3-5-6-4-2;1-5-3-4-7(2)6-5;1-4-5-6(2)3;1-3-4-2/h3,5H,4,6H2,1-2H3;3-4H2,1-2H3;3,5H2,1-2H3;3-4H2,1-2H3;4-5H2,1-3H3;3-4H2,1-2H3. The van der Waals surface area contributed by atoms with E-state index in [1.807, 2.05) is 19.0 Å². The van der Waals surface area contributed by atoms with E-state index in [4.69, 9.17) is 0 Å². The molecule has 3 nitrogen and oxygen atoms in total. The minimum Gasteiger partial charge on any atom is -0.309 e. The van der Waals surface area contributed by atoms with Gasteiger partial charge in [0.15, 0.2) is 0 Å². The Bertz CT molecular complexity index is 679. The second kappa shape index (κ2) is 28.8. The molecule has 1 aliphatic heterocycles. The topological polar surface area (TPSA) is 18.8 Å². The second-order valence-corrected chi connectivity index (χ2v) is 10.5. The number of nitrogens with zero attached hydrogens (tertiary/aromatic N) is 3. The Kier molecular flexibility index (Phi) is 30.9. The summed E-state index contributed by atoms with van der Waals surface area (Å²) in [6.07, 6.45) is 16.9. The molecule has 3 rings (SSSR count). The molecule has 0 saturated carbocycles. The molecule has 0 atom stereocenters. The van der Waals surface area contributed by atoms with Gasteiger partial charge in [-0.3, -0.25) is 5.01 Å². The van der Waals surface area contributed by atoms with Crippen molar-refractivity contribution in [2.75, 3.05) is 34.2 Å². The SMILES string of the molecule is CC#CCCC.CC1=C(C)CC1.CC1=CC=C(C)CC1.CC1=NN(C)CC1.CCCC.CCCN(C)C. The quantitative estimate of drug-likeness (QED) is 0.274. The maximum Gasteiger partial charge on any atom is 0.0409 e. The predicted molar refractivity (Wildman–Crippen MR) is 172 cm³/mol. The highest BCUT2D eigenvalue weighted by molar-refractivity contribution is 5.82. The minimum absolute atomic E-state index is 1.05. The van der Waals surface area contributed by atoms with Crippen LogP contribution in [0, 0.1) is 11.8 Å².